The molecule has 0 aliphatic rings. The van der Waals surface area contributed by atoms with Gasteiger partial charge in [0.2, 0.25) is 0 Å². The topological polar surface area (TPSA) is 35.2 Å². The van der Waals surface area contributed by atoms with Gasteiger partial charge >= 0.3 is 0 Å². The Morgan fingerprint density at radius 3 is 3.00 bits per heavy atom. The van der Waals surface area contributed by atoms with Gasteiger partial charge in [-0.2, -0.15) is 11.8 Å². The van der Waals surface area contributed by atoms with Crippen LogP contribution in [0.2, 0.25) is 0 Å². The Labute approximate surface area is 87.6 Å². The molecule has 2 nitrogen and oxygen atoms in total. The molecule has 0 heterocycles. The highest BCUT2D eigenvalue weighted by atomic mass is 32.2. The Hall–Kier alpha value is -0.740. The summed E-state index contributed by atoms with van der Waals surface area (Å²) in [4.78, 5) is 0. The Kier molecular flexibility index (Phi) is 4.76. The summed E-state index contributed by atoms with van der Waals surface area (Å²) in [5, 5.41) is 0. The predicted octanol–water partition coefficient (Wildman–Crippen LogP) is 2.29. The summed E-state index contributed by atoms with van der Waals surface area (Å²) < 4.78 is 17.7. The van der Waals surface area contributed by atoms with Crippen molar-refractivity contribution >= 4 is 17.4 Å². The standard InChI is InChI=1S/C10H14FNOS/c1-13-4-5-14-7-8-6-9(11)2-3-10(8)12/h2-3,6H,4-5,7,12H2,1H3. The maximum absolute atomic E-state index is 12.8. The predicted molar refractivity (Wildman–Crippen MR) is 58.9 cm³/mol. The largest absolute Gasteiger partial charge is 0.398 e. The van der Waals surface area contributed by atoms with E-state index < -0.39 is 0 Å². The van der Waals surface area contributed by atoms with Crippen molar-refractivity contribution in [1.82, 2.24) is 0 Å². The Morgan fingerprint density at radius 1 is 1.50 bits per heavy atom. The number of hydrogen-bond donors (Lipinski definition) is 1. The minimum Gasteiger partial charge on any atom is -0.398 e. The van der Waals surface area contributed by atoms with E-state index in [0.29, 0.717) is 12.3 Å². The summed E-state index contributed by atoms with van der Waals surface area (Å²) >= 11 is 1.68. The normalized spacial score (nSPS) is 10.4. The van der Waals surface area contributed by atoms with Crippen molar-refractivity contribution in [2.45, 2.75) is 5.75 Å². The molecular formula is C10H14FNOS. The highest BCUT2D eigenvalue weighted by Gasteiger charge is 2.00. The highest BCUT2D eigenvalue weighted by Crippen LogP contribution is 2.19. The fourth-order valence-electron chi connectivity index (χ4n) is 1.02. The molecule has 0 atom stereocenters. The number of nitrogens with two attached hydrogens (primary N) is 1. The zero-order valence-electron chi connectivity index (χ0n) is 8.13. The van der Waals surface area contributed by atoms with Crippen LogP contribution in [0.15, 0.2) is 18.2 Å². The van der Waals surface area contributed by atoms with E-state index in [9.17, 15) is 4.39 Å². The molecule has 0 bridgehead atoms. The number of rotatable bonds is 5. The molecule has 2 N–H and O–H groups in total. The van der Waals surface area contributed by atoms with Crippen LogP contribution in [0.25, 0.3) is 0 Å². The third kappa shape index (κ3) is 3.55. The molecular weight excluding hydrogens is 201 g/mol. The van der Waals surface area contributed by atoms with Gasteiger partial charge in [-0.15, -0.1) is 0 Å². The van der Waals surface area contributed by atoms with E-state index in [0.717, 1.165) is 17.1 Å². The number of thioether (sulfide) groups is 1. The first-order valence-corrected chi connectivity index (χ1v) is 5.50. The number of anilines is 1. The quantitative estimate of drug-likeness (QED) is 0.604. The third-order valence-electron chi connectivity index (χ3n) is 1.79. The van der Waals surface area contributed by atoms with E-state index in [1.54, 1.807) is 24.9 Å². The molecule has 0 aromatic heterocycles. The Morgan fingerprint density at radius 2 is 2.29 bits per heavy atom. The van der Waals surface area contributed by atoms with Gasteiger partial charge in [-0.3, -0.25) is 0 Å². The lowest BCUT2D eigenvalue weighted by molar-refractivity contribution is 0.218. The maximum Gasteiger partial charge on any atom is 0.123 e. The van der Waals surface area contributed by atoms with Crippen LogP contribution in [0.4, 0.5) is 10.1 Å². The van der Waals surface area contributed by atoms with E-state index in [-0.39, 0.29) is 5.82 Å². The van der Waals surface area contributed by atoms with Gasteiger partial charge in [-0.25, -0.2) is 4.39 Å². The van der Waals surface area contributed by atoms with Gasteiger partial charge in [0.15, 0.2) is 0 Å². The van der Waals surface area contributed by atoms with Crippen molar-refractivity contribution in [1.29, 1.82) is 0 Å². The molecule has 0 saturated carbocycles. The van der Waals surface area contributed by atoms with E-state index >= 15 is 0 Å². The van der Waals surface area contributed by atoms with E-state index in [2.05, 4.69) is 0 Å². The van der Waals surface area contributed by atoms with Crippen LogP contribution in [0, 0.1) is 5.82 Å². The molecule has 0 radical (unpaired) electrons. The first-order chi connectivity index (χ1) is 6.74. The Bertz CT molecular complexity index is 293. The van der Waals surface area contributed by atoms with Crippen molar-refractivity contribution in [2.75, 3.05) is 25.2 Å². The second kappa shape index (κ2) is 5.88. The van der Waals surface area contributed by atoms with Gasteiger partial charge in [0, 0.05) is 24.3 Å². The summed E-state index contributed by atoms with van der Waals surface area (Å²) in [6.45, 7) is 0.708. The van der Waals surface area contributed by atoms with Crippen LogP contribution in [-0.4, -0.2) is 19.5 Å². The van der Waals surface area contributed by atoms with Crippen LogP contribution < -0.4 is 5.73 Å². The lowest BCUT2D eigenvalue weighted by atomic mass is 10.2. The number of ether oxygens (including phenoxy) is 1. The number of hydrogen-bond acceptors (Lipinski definition) is 3. The van der Waals surface area contributed by atoms with Crippen molar-refractivity contribution in [3.63, 3.8) is 0 Å². The van der Waals surface area contributed by atoms with Crippen LogP contribution in [0.1, 0.15) is 5.56 Å². The lowest BCUT2D eigenvalue weighted by Gasteiger charge is -2.05. The number of halogens is 1. The molecule has 1 aromatic rings. The van der Waals surface area contributed by atoms with Gasteiger partial charge in [0.1, 0.15) is 5.82 Å². The number of nitrogen functional groups attached to an aromatic ring is 1. The van der Waals surface area contributed by atoms with E-state index in [1.165, 1.54) is 12.1 Å². The van der Waals surface area contributed by atoms with E-state index in [1.807, 2.05) is 0 Å². The minimum atomic E-state index is -0.235. The van der Waals surface area contributed by atoms with Gasteiger partial charge in [-0.1, -0.05) is 0 Å². The first kappa shape index (κ1) is 11.3. The molecule has 0 spiro atoms. The molecule has 78 valence electrons. The fourth-order valence-corrected chi connectivity index (χ4v) is 1.92. The van der Waals surface area contributed by atoms with Crippen molar-refractivity contribution < 1.29 is 9.13 Å². The van der Waals surface area contributed by atoms with Gasteiger partial charge in [-0.05, 0) is 23.8 Å². The molecule has 0 saturated heterocycles. The van der Waals surface area contributed by atoms with Crippen molar-refractivity contribution in [3.8, 4) is 0 Å². The highest BCUT2D eigenvalue weighted by molar-refractivity contribution is 7.98. The summed E-state index contributed by atoms with van der Waals surface area (Å²) in [5.74, 6) is 1.39. The number of benzene rings is 1. The molecule has 0 aliphatic heterocycles. The summed E-state index contributed by atoms with van der Waals surface area (Å²) in [6, 6.07) is 4.45. The second-order valence-electron chi connectivity index (χ2n) is 2.89. The summed E-state index contributed by atoms with van der Waals surface area (Å²) in [5.41, 5.74) is 7.20. The van der Waals surface area contributed by atoms with Gasteiger partial charge < -0.3 is 10.5 Å². The third-order valence-corrected chi connectivity index (χ3v) is 2.76. The molecule has 1 rings (SSSR count). The molecule has 14 heavy (non-hydrogen) atoms. The molecule has 4 heteroatoms. The smallest absolute Gasteiger partial charge is 0.123 e. The zero-order valence-corrected chi connectivity index (χ0v) is 8.94. The fraction of sp³-hybridized carbons (Fsp3) is 0.400. The average Bonchev–Trinajstić information content (AvgIpc) is 2.18. The van der Waals surface area contributed by atoms with Crippen LogP contribution in [-0.2, 0) is 10.5 Å². The summed E-state index contributed by atoms with van der Waals surface area (Å²) in [6.07, 6.45) is 0. The van der Waals surface area contributed by atoms with Crippen molar-refractivity contribution in [2.24, 2.45) is 0 Å². The van der Waals surface area contributed by atoms with Crippen molar-refractivity contribution in [3.05, 3.63) is 29.6 Å². The summed E-state index contributed by atoms with van der Waals surface area (Å²) in [7, 11) is 1.66. The van der Waals surface area contributed by atoms with Gasteiger partial charge in [0.05, 0.1) is 6.61 Å². The first-order valence-electron chi connectivity index (χ1n) is 4.34. The average molecular weight is 215 g/mol. The van der Waals surface area contributed by atoms with Crippen LogP contribution in [0.3, 0.4) is 0 Å². The Balaban J connectivity index is 2.45. The second-order valence-corrected chi connectivity index (χ2v) is 3.99. The van der Waals surface area contributed by atoms with Crippen LogP contribution in [0.5, 0.6) is 0 Å². The van der Waals surface area contributed by atoms with Crippen LogP contribution >= 0.6 is 11.8 Å². The molecule has 1 aromatic carbocycles. The SMILES string of the molecule is COCCSCc1cc(F)ccc1N. The number of methoxy groups -OCH3 is 1. The van der Waals surface area contributed by atoms with E-state index in [4.69, 9.17) is 10.5 Å². The van der Waals surface area contributed by atoms with Gasteiger partial charge in [0.25, 0.3) is 0 Å². The molecule has 0 aliphatic carbocycles. The zero-order chi connectivity index (χ0) is 10.4. The molecule has 0 unspecified atom stereocenters. The minimum absolute atomic E-state index is 0.235. The molecule has 0 fully saturated rings. The monoisotopic (exact) mass is 215 g/mol. The maximum atomic E-state index is 12.8. The molecule has 0 amide bonds. The lowest BCUT2D eigenvalue weighted by Crippen LogP contribution is -1.96.